The summed E-state index contributed by atoms with van der Waals surface area (Å²) in [5.41, 5.74) is 5.14. The number of hydrogen-bond donors (Lipinski definition) is 1. The van der Waals surface area contributed by atoms with Crippen molar-refractivity contribution in [3.05, 3.63) is 0 Å². The highest BCUT2D eigenvalue weighted by Gasteiger charge is 1.67. The molecule has 0 atom stereocenters. The lowest BCUT2D eigenvalue weighted by molar-refractivity contribution is 0.807. The molecule has 0 aliphatic rings. The molecule has 0 rings (SSSR count). The number of nitrogens with two attached hydrogens (primary N) is 1. The predicted molar refractivity (Wildman–Crippen MR) is 44.2 cm³/mol. The van der Waals surface area contributed by atoms with Crippen LogP contribution in [0.4, 0.5) is 0 Å². The summed E-state index contributed by atoms with van der Waals surface area (Å²) in [5.74, 6) is 0. The number of rotatable bonds is 2. The van der Waals surface area contributed by atoms with Crippen molar-refractivity contribution in [2.45, 2.75) is 42.0 Å². The minimum absolute atomic E-state index is 0. The van der Waals surface area contributed by atoms with Crippen molar-refractivity contribution in [2.75, 3.05) is 6.54 Å². The van der Waals surface area contributed by atoms with Crippen LogP contribution in [-0.4, -0.2) is 6.54 Å². The Bertz CT molecular complexity index is 11.9. The lowest BCUT2D eigenvalue weighted by Gasteiger charge is -1.80. The second kappa shape index (κ2) is 28.2. The molecule has 0 spiro atoms. The first kappa shape index (κ1) is 24.6. The van der Waals surface area contributed by atoms with Gasteiger partial charge in [-0.25, -0.2) is 0 Å². The number of unbranched alkanes of at least 4 members (excludes halogenated alkanes) is 1. The van der Waals surface area contributed by atoms with Gasteiger partial charge in [0.05, 0.1) is 0 Å². The molecule has 0 radical (unpaired) electrons. The zero-order chi connectivity index (χ0) is 4.12. The third-order valence-corrected chi connectivity index (χ3v) is 0.558. The van der Waals surface area contributed by atoms with Crippen LogP contribution in [0.15, 0.2) is 0 Å². The van der Waals surface area contributed by atoms with Gasteiger partial charge in [0.2, 0.25) is 0 Å². The Morgan fingerprint density at radius 3 is 1.50 bits per heavy atom. The van der Waals surface area contributed by atoms with Crippen LogP contribution in [0.2, 0.25) is 0 Å². The van der Waals surface area contributed by atoms with Crippen molar-refractivity contribution in [1.29, 1.82) is 0 Å². The Labute approximate surface area is 55.3 Å². The number of hydrogen-bond acceptors (Lipinski definition) is 1. The molecule has 8 heavy (non-hydrogen) atoms. The third kappa shape index (κ3) is 38.2. The van der Waals surface area contributed by atoms with E-state index in [0.717, 1.165) is 6.54 Å². The average molecular weight is 121 g/mol. The Hall–Kier alpha value is -0.0400. The molecule has 0 aliphatic carbocycles. The van der Waals surface area contributed by atoms with E-state index in [0.29, 0.717) is 0 Å². The quantitative estimate of drug-likeness (QED) is 0.597. The molecule has 1 nitrogen and oxygen atoms in total. The lowest BCUT2D eigenvalue weighted by atomic mass is 10.3. The highest BCUT2D eigenvalue weighted by molar-refractivity contribution is 4.29. The van der Waals surface area contributed by atoms with Gasteiger partial charge < -0.3 is 5.73 Å². The highest BCUT2D eigenvalue weighted by atomic mass is 14.5. The van der Waals surface area contributed by atoms with Crippen LogP contribution in [0.5, 0.6) is 0 Å². The third-order valence-electron chi connectivity index (χ3n) is 0.558. The normalized spacial score (nSPS) is 5.25. The van der Waals surface area contributed by atoms with Gasteiger partial charge in [-0.3, -0.25) is 0 Å². The van der Waals surface area contributed by atoms with Crippen LogP contribution >= 0.6 is 0 Å². The molecule has 1 heteroatoms. The minimum Gasteiger partial charge on any atom is -0.330 e. The topological polar surface area (TPSA) is 26.0 Å². The fourth-order valence-corrected chi connectivity index (χ4v) is 0.204. The second-order valence-electron chi connectivity index (χ2n) is 1.14. The SMILES string of the molecule is C.C.C.CCCCN. The molecule has 0 amide bonds. The maximum Gasteiger partial charge on any atom is -0.00774 e. The van der Waals surface area contributed by atoms with Gasteiger partial charge in [0.25, 0.3) is 0 Å². The molecule has 0 aromatic carbocycles. The monoisotopic (exact) mass is 121 g/mol. The van der Waals surface area contributed by atoms with Gasteiger partial charge in [-0.15, -0.1) is 0 Å². The van der Waals surface area contributed by atoms with Crippen LogP contribution in [0, 0.1) is 0 Å². The van der Waals surface area contributed by atoms with Gasteiger partial charge in [-0.2, -0.15) is 0 Å². The molecule has 0 saturated carbocycles. The summed E-state index contributed by atoms with van der Waals surface area (Å²) in [7, 11) is 0. The summed E-state index contributed by atoms with van der Waals surface area (Å²) < 4.78 is 0. The van der Waals surface area contributed by atoms with Crippen LogP contribution in [-0.2, 0) is 0 Å². The van der Waals surface area contributed by atoms with Crippen LogP contribution in [0.25, 0.3) is 0 Å². The minimum atomic E-state index is 0. The van der Waals surface area contributed by atoms with Crippen molar-refractivity contribution in [2.24, 2.45) is 5.73 Å². The Kier molecular flexibility index (Phi) is 86.7. The van der Waals surface area contributed by atoms with Gasteiger partial charge in [0, 0.05) is 0 Å². The van der Waals surface area contributed by atoms with Crippen molar-refractivity contribution in [1.82, 2.24) is 0 Å². The van der Waals surface area contributed by atoms with Crippen LogP contribution < -0.4 is 5.73 Å². The van der Waals surface area contributed by atoms with Crippen LogP contribution in [0.1, 0.15) is 42.0 Å². The van der Waals surface area contributed by atoms with Gasteiger partial charge in [0.1, 0.15) is 0 Å². The first-order valence-electron chi connectivity index (χ1n) is 2.12. The van der Waals surface area contributed by atoms with Gasteiger partial charge >= 0.3 is 0 Å². The Morgan fingerprint density at radius 2 is 1.50 bits per heavy atom. The molecule has 0 saturated heterocycles. The zero-order valence-electron chi connectivity index (χ0n) is 3.70. The van der Waals surface area contributed by atoms with E-state index in [1.54, 1.807) is 0 Å². The van der Waals surface area contributed by atoms with Crippen LogP contribution in [0.3, 0.4) is 0 Å². The van der Waals surface area contributed by atoms with Gasteiger partial charge in [-0.1, -0.05) is 35.6 Å². The molecule has 0 heterocycles. The second-order valence-corrected chi connectivity index (χ2v) is 1.14. The molecular weight excluding hydrogens is 98.1 g/mol. The molecule has 2 N–H and O–H groups in total. The lowest BCUT2D eigenvalue weighted by Crippen LogP contribution is -1.95. The van der Waals surface area contributed by atoms with E-state index in [2.05, 4.69) is 6.92 Å². The van der Waals surface area contributed by atoms with Gasteiger partial charge in [-0.05, 0) is 13.0 Å². The smallest absolute Gasteiger partial charge is 0.00774 e. The zero-order valence-corrected chi connectivity index (χ0v) is 3.70. The van der Waals surface area contributed by atoms with E-state index in [-0.39, 0.29) is 22.3 Å². The first-order valence-corrected chi connectivity index (χ1v) is 2.12. The van der Waals surface area contributed by atoms with E-state index in [1.807, 2.05) is 0 Å². The van der Waals surface area contributed by atoms with Crippen molar-refractivity contribution in [3.8, 4) is 0 Å². The van der Waals surface area contributed by atoms with E-state index < -0.39 is 0 Å². The summed E-state index contributed by atoms with van der Waals surface area (Å²) >= 11 is 0. The van der Waals surface area contributed by atoms with Gasteiger partial charge in [0.15, 0.2) is 0 Å². The Balaban J connectivity index is -0.0000000267. The summed E-state index contributed by atoms with van der Waals surface area (Å²) in [6.45, 7) is 2.98. The van der Waals surface area contributed by atoms with E-state index in [9.17, 15) is 0 Å². The first-order chi connectivity index (χ1) is 2.41. The summed E-state index contributed by atoms with van der Waals surface area (Å²) in [4.78, 5) is 0. The molecule has 0 aromatic heterocycles. The van der Waals surface area contributed by atoms with E-state index >= 15 is 0 Å². The molecule has 0 aliphatic heterocycles. The molecule has 0 unspecified atom stereocenters. The largest absolute Gasteiger partial charge is 0.330 e. The maximum atomic E-state index is 5.14. The van der Waals surface area contributed by atoms with Crippen molar-refractivity contribution in [3.63, 3.8) is 0 Å². The fourth-order valence-electron chi connectivity index (χ4n) is 0.204. The standard InChI is InChI=1S/C4H11N.3CH4/c1-2-3-4-5;;;/h2-5H2,1H3;3*1H4. The average Bonchev–Trinajstić information content (AvgIpc) is 1.41. The van der Waals surface area contributed by atoms with Crippen molar-refractivity contribution < 1.29 is 0 Å². The fraction of sp³-hybridized carbons (Fsp3) is 1.00. The molecule has 0 bridgehead atoms. The molecule has 0 fully saturated rings. The van der Waals surface area contributed by atoms with Crippen molar-refractivity contribution >= 4 is 0 Å². The van der Waals surface area contributed by atoms with E-state index in [1.165, 1.54) is 12.8 Å². The summed E-state index contributed by atoms with van der Waals surface area (Å²) in [6.07, 6.45) is 2.39. The summed E-state index contributed by atoms with van der Waals surface area (Å²) in [6, 6.07) is 0. The molecule has 56 valence electrons. The summed E-state index contributed by atoms with van der Waals surface area (Å²) in [5, 5.41) is 0. The predicted octanol–water partition coefficient (Wildman–Crippen LogP) is 2.65. The van der Waals surface area contributed by atoms with E-state index in [4.69, 9.17) is 5.73 Å². The molecular formula is C7H23N. The maximum absolute atomic E-state index is 5.14. The Morgan fingerprint density at radius 1 is 1.12 bits per heavy atom. The molecule has 0 aromatic rings. The highest BCUT2D eigenvalue weighted by Crippen LogP contribution is 1.77.